The van der Waals surface area contributed by atoms with Gasteiger partial charge in [-0.3, -0.25) is 4.79 Å². The van der Waals surface area contributed by atoms with Crippen LogP contribution in [-0.2, 0) is 4.79 Å². The molecule has 1 aliphatic rings. The zero-order chi connectivity index (χ0) is 13.8. The molecule has 1 aromatic heterocycles. The number of nitrogen functional groups attached to an aromatic ring is 1. The topological polar surface area (TPSA) is 106 Å². The highest BCUT2D eigenvalue weighted by Crippen LogP contribution is 2.15. The van der Waals surface area contributed by atoms with E-state index < -0.39 is 0 Å². The van der Waals surface area contributed by atoms with Crippen molar-refractivity contribution in [3.05, 3.63) is 0 Å². The smallest absolute Gasteiger partial charge is 0.323 e. The zero-order valence-corrected chi connectivity index (χ0v) is 11.1. The lowest BCUT2D eigenvalue weighted by molar-refractivity contribution is -0.127. The first-order valence-electron chi connectivity index (χ1n) is 6.26. The molecule has 0 spiro atoms. The number of anilines is 2. The molecule has 1 aliphatic heterocycles. The fraction of sp³-hybridized carbons (Fsp3) is 0.636. The molecule has 8 heteroatoms. The molecule has 1 unspecified atom stereocenters. The van der Waals surface area contributed by atoms with Crippen molar-refractivity contribution in [3.63, 3.8) is 0 Å². The molecule has 19 heavy (non-hydrogen) atoms. The molecule has 1 fully saturated rings. The summed E-state index contributed by atoms with van der Waals surface area (Å²) in [7, 11) is 1.77. The van der Waals surface area contributed by atoms with Crippen LogP contribution in [-0.4, -0.2) is 52.0 Å². The zero-order valence-electron chi connectivity index (χ0n) is 11.1. The average Bonchev–Trinajstić information content (AvgIpc) is 2.68. The van der Waals surface area contributed by atoms with Crippen molar-refractivity contribution in [1.82, 2.24) is 19.9 Å². The lowest BCUT2D eigenvalue weighted by Crippen LogP contribution is -2.31. The molecule has 0 bridgehead atoms. The first-order valence-corrected chi connectivity index (χ1v) is 6.26. The van der Waals surface area contributed by atoms with Crippen LogP contribution in [0.2, 0.25) is 0 Å². The van der Waals surface area contributed by atoms with E-state index in [1.807, 2.05) is 6.92 Å². The van der Waals surface area contributed by atoms with Crippen LogP contribution in [0.15, 0.2) is 0 Å². The van der Waals surface area contributed by atoms with Crippen molar-refractivity contribution in [1.29, 1.82) is 0 Å². The van der Waals surface area contributed by atoms with Crippen molar-refractivity contribution in [2.24, 2.45) is 0 Å². The molecule has 1 saturated heterocycles. The third kappa shape index (κ3) is 3.21. The van der Waals surface area contributed by atoms with Gasteiger partial charge in [0, 0.05) is 13.6 Å². The summed E-state index contributed by atoms with van der Waals surface area (Å²) in [5, 5.41) is 2.97. The van der Waals surface area contributed by atoms with Gasteiger partial charge in [0.25, 0.3) is 0 Å². The third-order valence-electron chi connectivity index (χ3n) is 2.80. The van der Waals surface area contributed by atoms with E-state index in [0.717, 1.165) is 13.0 Å². The molecule has 8 nitrogen and oxygen atoms in total. The second-order valence-electron chi connectivity index (χ2n) is 4.39. The van der Waals surface area contributed by atoms with Gasteiger partial charge >= 0.3 is 6.01 Å². The minimum Gasteiger partial charge on any atom is -0.463 e. The quantitative estimate of drug-likeness (QED) is 0.765. The van der Waals surface area contributed by atoms with Crippen molar-refractivity contribution >= 4 is 17.8 Å². The van der Waals surface area contributed by atoms with E-state index in [4.69, 9.17) is 10.5 Å². The molecule has 0 aliphatic carbocycles. The number of carbonyl (C=O) groups excluding carboxylic acids is 1. The number of nitrogens with two attached hydrogens (primary N) is 1. The summed E-state index contributed by atoms with van der Waals surface area (Å²) in [6.45, 7) is 3.21. The van der Waals surface area contributed by atoms with Crippen LogP contribution in [0.25, 0.3) is 0 Å². The highest BCUT2D eigenvalue weighted by molar-refractivity contribution is 5.86. The summed E-state index contributed by atoms with van der Waals surface area (Å²) in [6, 6.07) is -0.138. The Morgan fingerprint density at radius 1 is 1.47 bits per heavy atom. The number of hydrogen-bond acceptors (Lipinski definition) is 7. The van der Waals surface area contributed by atoms with Gasteiger partial charge in [0.1, 0.15) is 6.04 Å². The average molecular weight is 266 g/mol. The van der Waals surface area contributed by atoms with Gasteiger partial charge in [0.15, 0.2) is 0 Å². The normalized spacial score (nSPS) is 18.7. The predicted octanol–water partition coefficient (Wildman–Crippen LogP) is -0.115. The second-order valence-corrected chi connectivity index (χ2v) is 4.39. The van der Waals surface area contributed by atoms with Crippen LogP contribution >= 0.6 is 0 Å². The summed E-state index contributed by atoms with van der Waals surface area (Å²) in [5.74, 6) is 0.365. The number of nitrogens with zero attached hydrogens (tertiary/aromatic N) is 4. The Morgan fingerprint density at radius 2 is 2.26 bits per heavy atom. The molecule has 0 aromatic carbocycles. The number of nitrogens with one attached hydrogen (secondary N) is 1. The van der Waals surface area contributed by atoms with Crippen LogP contribution in [0.4, 0.5) is 11.9 Å². The molecule has 1 amide bonds. The lowest BCUT2D eigenvalue weighted by Gasteiger charge is -2.12. The predicted molar refractivity (Wildman–Crippen MR) is 69.7 cm³/mol. The molecule has 1 atom stereocenters. The maximum absolute atomic E-state index is 11.8. The largest absolute Gasteiger partial charge is 0.463 e. The number of hydrogen-bond donors (Lipinski definition) is 2. The Hall–Kier alpha value is -2.12. The number of rotatable bonds is 5. The molecule has 1 aromatic rings. The Kier molecular flexibility index (Phi) is 3.98. The minimum atomic E-state index is -0.314. The van der Waals surface area contributed by atoms with Gasteiger partial charge in [-0.2, -0.15) is 15.0 Å². The minimum absolute atomic E-state index is 0.0232. The van der Waals surface area contributed by atoms with Crippen LogP contribution in [0.5, 0.6) is 6.01 Å². The number of likely N-dealkylation sites (N-methyl/N-ethyl adjacent to an activating group) is 1. The highest BCUT2D eigenvalue weighted by atomic mass is 16.5. The Morgan fingerprint density at radius 3 is 2.89 bits per heavy atom. The summed E-state index contributed by atoms with van der Waals surface area (Å²) in [5.41, 5.74) is 5.59. The summed E-state index contributed by atoms with van der Waals surface area (Å²) < 4.78 is 5.31. The maximum Gasteiger partial charge on any atom is 0.323 e. The van der Waals surface area contributed by atoms with E-state index in [2.05, 4.69) is 20.3 Å². The van der Waals surface area contributed by atoms with E-state index in [0.29, 0.717) is 13.0 Å². The summed E-state index contributed by atoms with van der Waals surface area (Å²) in [4.78, 5) is 25.4. The lowest BCUT2D eigenvalue weighted by atomic mass is 10.2. The monoisotopic (exact) mass is 266 g/mol. The fourth-order valence-corrected chi connectivity index (χ4v) is 1.81. The van der Waals surface area contributed by atoms with Crippen molar-refractivity contribution < 1.29 is 9.53 Å². The van der Waals surface area contributed by atoms with Gasteiger partial charge in [-0.25, -0.2) is 0 Å². The van der Waals surface area contributed by atoms with E-state index in [1.165, 1.54) is 0 Å². The molecule has 0 saturated carbocycles. The van der Waals surface area contributed by atoms with Gasteiger partial charge in [-0.1, -0.05) is 6.92 Å². The van der Waals surface area contributed by atoms with Gasteiger partial charge in [0.05, 0.1) is 6.61 Å². The number of ether oxygens (including phenoxy) is 1. The van der Waals surface area contributed by atoms with Gasteiger partial charge in [0.2, 0.25) is 17.8 Å². The Balaban J connectivity index is 2.07. The third-order valence-corrected chi connectivity index (χ3v) is 2.80. The van der Waals surface area contributed by atoms with E-state index in [9.17, 15) is 4.79 Å². The molecule has 2 heterocycles. The molecule has 3 N–H and O–H groups in total. The van der Waals surface area contributed by atoms with Crippen molar-refractivity contribution in [3.8, 4) is 6.01 Å². The Labute approximate surface area is 111 Å². The van der Waals surface area contributed by atoms with E-state index in [1.54, 1.807) is 11.9 Å². The van der Waals surface area contributed by atoms with Gasteiger partial charge in [-0.05, 0) is 12.8 Å². The first kappa shape index (κ1) is 13.3. The van der Waals surface area contributed by atoms with Gasteiger partial charge < -0.3 is 20.7 Å². The fourth-order valence-electron chi connectivity index (χ4n) is 1.81. The molecule has 2 rings (SSSR count). The number of likely N-dealkylation sites (tertiary alicyclic amines) is 1. The Bertz CT molecular complexity index is 466. The molecule has 0 radical (unpaired) electrons. The van der Waals surface area contributed by atoms with Crippen molar-refractivity contribution in [2.75, 3.05) is 31.2 Å². The standard InChI is InChI=1S/C11H18N6O2/c1-3-6-19-11-15-9(12)14-10(16-11)13-7-4-5-17(2)8(7)18/h7H,3-6H2,1-2H3,(H3,12,13,14,15,16). The number of aromatic nitrogens is 3. The number of carbonyl (C=O) groups is 1. The van der Waals surface area contributed by atoms with Crippen molar-refractivity contribution in [2.45, 2.75) is 25.8 Å². The SMILES string of the molecule is CCCOc1nc(N)nc(NC2CCN(C)C2=O)n1. The summed E-state index contributed by atoms with van der Waals surface area (Å²) in [6.07, 6.45) is 1.56. The van der Waals surface area contributed by atoms with Crippen LogP contribution in [0.1, 0.15) is 19.8 Å². The number of amides is 1. The van der Waals surface area contributed by atoms with Gasteiger partial charge in [-0.15, -0.1) is 0 Å². The molecule has 104 valence electrons. The summed E-state index contributed by atoms with van der Waals surface area (Å²) >= 11 is 0. The van der Waals surface area contributed by atoms with Crippen LogP contribution in [0.3, 0.4) is 0 Å². The van der Waals surface area contributed by atoms with E-state index in [-0.39, 0.29) is 29.9 Å². The second kappa shape index (κ2) is 5.68. The van der Waals surface area contributed by atoms with Crippen LogP contribution in [0, 0.1) is 0 Å². The van der Waals surface area contributed by atoms with E-state index >= 15 is 0 Å². The first-order chi connectivity index (χ1) is 9.10. The highest BCUT2D eigenvalue weighted by Gasteiger charge is 2.29. The van der Waals surface area contributed by atoms with Crippen LogP contribution < -0.4 is 15.8 Å². The molecular formula is C11H18N6O2. The molecular weight excluding hydrogens is 248 g/mol. The maximum atomic E-state index is 11.8.